The van der Waals surface area contributed by atoms with E-state index >= 15 is 0 Å². The molecule has 0 bridgehead atoms. The summed E-state index contributed by atoms with van der Waals surface area (Å²) in [6, 6.07) is 31.5. The minimum atomic E-state index is -0.513. The maximum Gasteiger partial charge on any atom is 0.255 e. The van der Waals surface area contributed by atoms with Gasteiger partial charge in [-0.2, -0.15) is 0 Å². The van der Waals surface area contributed by atoms with Crippen molar-refractivity contribution >= 4 is 57.3 Å². The molecule has 1 heterocycles. The third-order valence-electron chi connectivity index (χ3n) is 5.99. The highest BCUT2D eigenvalue weighted by Gasteiger charge is 2.23. The topological polar surface area (TPSA) is 80.3 Å². The lowest BCUT2D eigenvalue weighted by Gasteiger charge is -2.16. The summed E-state index contributed by atoms with van der Waals surface area (Å²) in [6.07, 6.45) is 0. The Morgan fingerprint density at radius 2 is 1.68 bits per heavy atom. The number of aromatic nitrogens is 1. The highest BCUT2D eigenvalue weighted by atomic mass is 35.5. The SMILES string of the molecule is CCOc1ccc(-c2csc(NC(=O)C(Sc3ccc(NC(=O)c4cccc(Cl)c4)cc3)c3ccccc3)n2)cc1. The van der Waals surface area contributed by atoms with Gasteiger partial charge < -0.3 is 15.4 Å². The van der Waals surface area contributed by atoms with Crippen molar-refractivity contribution in [3.8, 4) is 17.0 Å². The van der Waals surface area contributed by atoms with E-state index in [2.05, 4.69) is 15.6 Å². The van der Waals surface area contributed by atoms with Gasteiger partial charge >= 0.3 is 0 Å². The van der Waals surface area contributed by atoms with Gasteiger partial charge in [0.05, 0.1) is 12.3 Å². The highest BCUT2D eigenvalue weighted by Crippen LogP contribution is 2.37. The van der Waals surface area contributed by atoms with Gasteiger partial charge in [-0.15, -0.1) is 23.1 Å². The minimum absolute atomic E-state index is 0.174. The number of thioether (sulfide) groups is 1. The van der Waals surface area contributed by atoms with Crippen LogP contribution in [0.2, 0.25) is 5.02 Å². The first kappa shape index (κ1) is 28.4. The number of carbonyl (C=O) groups excluding carboxylic acids is 2. The highest BCUT2D eigenvalue weighted by molar-refractivity contribution is 8.00. The number of rotatable bonds is 10. The fourth-order valence-corrected chi connectivity index (χ4v) is 5.95. The summed E-state index contributed by atoms with van der Waals surface area (Å²) in [5, 5.41) is 8.31. The molecular weight excluding hydrogens is 574 g/mol. The Balaban J connectivity index is 1.28. The molecule has 0 spiro atoms. The lowest BCUT2D eigenvalue weighted by molar-refractivity contribution is -0.115. The Kier molecular flexibility index (Phi) is 9.36. The summed E-state index contributed by atoms with van der Waals surface area (Å²) < 4.78 is 5.52. The Morgan fingerprint density at radius 1 is 0.927 bits per heavy atom. The molecule has 6 nitrogen and oxygen atoms in total. The van der Waals surface area contributed by atoms with Gasteiger partial charge in [0, 0.05) is 32.1 Å². The van der Waals surface area contributed by atoms with Crippen LogP contribution in [0.3, 0.4) is 0 Å². The van der Waals surface area contributed by atoms with Crippen molar-refractivity contribution in [1.29, 1.82) is 0 Å². The van der Waals surface area contributed by atoms with Crippen LogP contribution in [0, 0.1) is 0 Å². The average Bonchev–Trinajstić information content (AvgIpc) is 3.46. The van der Waals surface area contributed by atoms with Gasteiger partial charge in [0.25, 0.3) is 5.91 Å². The van der Waals surface area contributed by atoms with E-state index in [9.17, 15) is 9.59 Å². The molecule has 0 fully saturated rings. The van der Waals surface area contributed by atoms with Crippen molar-refractivity contribution in [2.75, 3.05) is 17.2 Å². The molecule has 1 aromatic heterocycles. The van der Waals surface area contributed by atoms with Crippen LogP contribution in [-0.2, 0) is 4.79 Å². The number of hydrogen-bond acceptors (Lipinski definition) is 6. The zero-order valence-electron chi connectivity index (χ0n) is 22.0. The number of carbonyl (C=O) groups is 2. The average molecular weight is 600 g/mol. The van der Waals surface area contributed by atoms with E-state index in [1.165, 1.54) is 23.1 Å². The van der Waals surface area contributed by atoms with E-state index in [1.54, 1.807) is 24.3 Å². The number of ether oxygens (including phenoxy) is 1. The molecule has 0 aliphatic carbocycles. The standard InChI is InChI=1S/C32H26ClN3O3S2/c1-2-39-26-15-11-21(12-16-26)28-20-40-32(35-28)36-31(38)29(22-7-4-3-5-8-22)41-27-17-13-25(14-18-27)34-30(37)23-9-6-10-24(33)19-23/h3-20,29H,2H2,1H3,(H,34,37)(H,35,36,38). The monoisotopic (exact) mass is 599 g/mol. The van der Waals surface area contributed by atoms with E-state index < -0.39 is 5.25 Å². The molecule has 41 heavy (non-hydrogen) atoms. The third kappa shape index (κ3) is 7.55. The van der Waals surface area contributed by atoms with Crippen molar-refractivity contribution in [2.45, 2.75) is 17.1 Å². The van der Waals surface area contributed by atoms with Gasteiger partial charge in [-0.25, -0.2) is 4.98 Å². The number of halogens is 1. The van der Waals surface area contributed by atoms with Gasteiger partial charge in [-0.05, 0) is 79.2 Å². The predicted octanol–water partition coefficient (Wildman–Crippen LogP) is 8.59. The quantitative estimate of drug-likeness (QED) is 0.157. The molecule has 2 amide bonds. The van der Waals surface area contributed by atoms with E-state index in [1.807, 2.05) is 91.2 Å². The Morgan fingerprint density at radius 3 is 2.39 bits per heavy atom. The van der Waals surface area contributed by atoms with Gasteiger partial charge in [-0.3, -0.25) is 9.59 Å². The second kappa shape index (κ2) is 13.5. The molecule has 0 radical (unpaired) electrons. The molecule has 1 unspecified atom stereocenters. The van der Waals surface area contributed by atoms with Crippen molar-refractivity contribution in [1.82, 2.24) is 4.98 Å². The van der Waals surface area contributed by atoms with Crippen LogP contribution in [0.5, 0.6) is 5.75 Å². The normalized spacial score (nSPS) is 11.5. The first-order chi connectivity index (χ1) is 20.0. The first-order valence-corrected chi connectivity index (χ1v) is 15.0. The smallest absolute Gasteiger partial charge is 0.255 e. The second-order valence-electron chi connectivity index (χ2n) is 8.88. The molecule has 0 aliphatic rings. The summed E-state index contributed by atoms with van der Waals surface area (Å²) in [7, 11) is 0. The van der Waals surface area contributed by atoms with Gasteiger partial charge in [-0.1, -0.05) is 48.0 Å². The van der Waals surface area contributed by atoms with Crippen LogP contribution in [0.15, 0.2) is 113 Å². The molecule has 0 saturated carbocycles. The molecular formula is C32H26ClN3O3S2. The molecule has 1 atom stereocenters. The van der Waals surface area contributed by atoms with Gasteiger partial charge in [0.1, 0.15) is 11.0 Å². The molecule has 206 valence electrons. The van der Waals surface area contributed by atoms with E-state index in [-0.39, 0.29) is 11.8 Å². The maximum atomic E-state index is 13.5. The molecule has 5 aromatic rings. The number of amides is 2. The number of nitrogens with zero attached hydrogens (tertiary/aromatic N) is 1. The fourth-order valence-electron chi connectivity index (χ4n) is 4.01. The van der Waals surface area contributed by atoms with Crippen LogP contribution in [0.1, 0.15) is 28.1 Å². The van der Waals surface area contributed by atoms with Crippen LogP contribution in [-0.4, -0.2) is 23.4 Å². The van der Waals surface area contributed by atoms with E-state index in [0.29, 0.717) is 28.0 Å². The largest absolute Gasteiger partial charge is 0.494 e. The van der Waals surface area contributed by atoms with Crippen molar-refractivity contribution < 1.29 is 14.3 Å². The summed E-state index contributed by atoms with van der Waals surface area (Å²) in [5.74, 6) is 0.383. The summed E-state index contributed by atoms with van der Waals surface area (Å²) in [4.78, 5) is 31.6. The van der Waals surface area contributed by atoms with Crippen LogP contribution < -0.4 is 15.4 Å². The molecule has 9 heteroatoms. The lowest BCUT2D eigenvalue weighted by Crippen LogP contribution is -2.19. The van der Waals surface area contributed by atoms with Crippen LogP contribution in [0.25, 0.3) is 11.3 Å². The second-order valence-corrected chi connectivity index (χ2v) is 11.4. The van der Waals surface area contributed by atoms with Gasteiger partial charge in [0.15, 0.2) is 5.13 Å². The summed E-state index contributed by atoms with van der Waals surface area (Å²) >= 11 is 8.82. The maximum absolute atomic E-state index is 13.5. The molecule has 4 aromatic carbocycles. The van der Waals surface area contributed by atoms with Crippen molar-refractivity contribution in [3.05, 3.63) is 125 Å². The zero-order chi connectivity index (χ0) is 28.6. The first-order valence-electron chi connectivity index (χ1n) is 12.9. The predicted molar refractivity (Wildman–Crippen MR) is 168 cm³/mol. The Labute approximate surface area is 251 Å². The van der Waals surface area contributed by atoms with E-state index in [4.69, 9.17) is 16.3 Å². The summed E-state index contributed by atoms with van der Waals surface area (Å²) in [5.41, 5.74) is 3.72. The number of thiazole rings is 1. The molecule has 0 saturated heterocycles. The minimum Gasteiger partial charge on any atom is -0.494 e. The fraction of sp³-hybridized carbons (Fsp3) is 0.0938. The number of nitrogens with one attached hydrogen (secondary N) is 2. The number of benzene rings is 4. The van der Waals surface area contributed by atoms with Crippen LogP contribution in [0.4, 0.5) is 10.8 Å². The Bertz CT molecular complexity index is 1620. The van der Waals surface area contributed by atoms with Crippen molar-refractivity contribution in [3.63, 3.8) is 0 Å². The molecule has 2 N–H and O–H groups in total. The third-order valence-corrected chi connectivity index (χ3v) is 8.25. The Hall–Kier alpha value is -4.11. The van der Waals surface area contributed by atoms with Crippen LogP contribution >= 0.6 is 34.7 Å². The van der Waals surface area contributed by atoms with Gasteiger partial charge in [0.2, 0.25) is 5.91 Å². The van der Waals surface area contributed by atoms with E-state index in [0.717, 1.165) is 27.5 Å². The number of hydrogen-bond donors (Lipinski definition) is 2. The number of anilines is 2. The van der Waals surface area contributed by atoms with Crippen molar-refractivity contribution in [2.24, 2.45) is 0 Å². The zero-order valence-corrected chi connectivity index (χ0v) is 24.4. The molecule has 5 rings (SSSR count). The molecule has 0 aliphatic heterocycles. The lowest BCUT2D eigenvalue weighted by atomic mass is 10.1. The summed E-state index contributed by atoms with van der Waals surface area (Å²) in [6.45, 7) is 2.56.